The van der Waals surface area contributed by atoms with E-state index >= 15 is 0 Å². The maximum atomic E-state index is 2.73. The van der Waals surface area contributed by atoms with Crippen LogP contribution in [0, 0.1) is 11.8 Å². The zero-order chi connectivity index (χ0) is 11.5. The summed E-state index contributed by atoms with van der Waals surface area (Å²) in [4.78, 5) is 2.73. The topological polar surface area (TPSA) is 6.48 Å². The van der Waals surface area contributed by atoms with Gasteiger partial charge in [-0.05, 0) is 50.4 Å². The Balaban J connectivity index is 1.66. The molecular weight excluding hydrogens is 216 g/mol. The van der Waals surface area contributed by atoms with Gasteiger partial charge in [0.25, 0.3) is 0 Å². The van der Waals surface area contributed by atoms with Crippen molar-refractivity contribution in [3.8, 4) is 0 Å². The average molecular weight is 242 g/mol. The molecule has 0 unspecified atom stereocenters. The van der Waals surface area contributed by atoms with Gasteiger partial charge in [0, 0.05) is 19.1 Å². The van der Waals surface area contributed by atoms with E-state index in [1.807, 2.05) is 11.9 Å². The van der Waals surface area contributed by atoms with Crippen LogP contribution in [0.1, 0.15) is 33.1 Å². The minimum absolute atomic E-state index is 0.868. The molecule has 0 aliphatic carbocycles. The zero-order valence-electron chi connectivity index (χ0n) is 11.0. The minimum Gasteiger partial charge on any atom is -0.298 e. The van der Waals surface area contributed by atoms with Gasteiger partial charge in [0.2, 0.25) is 0 Å². The quantitative estimate of drug-likeness (QED) is 0.700. The van der Waals surface area contributed by atoms with Crippen LogP contribution in [0.5, 0.6) is 0 Å². The van der Waals surface area contributed by atoms with Crippen molar-refractivity contribution in [2.45, 2.75) is 39.2 Å². The van der Waals surface area contributed by atoms with Crippen molar-refractivity contribution < 1.29 is 0 Å². The van der Waals surface area contributed by atoms with Crippen molar-refractivity contribution >= 4 is 11.9 Å². The molecule has 2 fully saturated rings. The second-order valence-corrected chi connectivity index (χ2v) is 6.67. The van der Waals surface area contributed by atoms with E-state index in [0.29, 0.717) is 0 Å². The average Bonchev–Trinajstić information content (AvgIpc) is 2.18. The van der Waals surface area contributed by atoms with Gasteiger partial charge in [-0.25, -0.2) is 4.31 Å². The van der Waals surface area contributed by atoms with Gasteiger partial charge in [-0.2, -0.15) is 0 Å². The first-order valence-corrected chi connectivity index (χ1v) is 7.90. The summed E-state index contributed by atoms with van der Waals surface area (Å²) in [5, 5.41) is 0. The maximum Gasteiger partial charge on any atom is 0.0369 e. The maximum absolute atomic E-state index is 2.73. The summed E-state index contributed by atoms with van der Waals surface area (Å²) in [7, 11) is 0. The molecule has 0 aromatic rings. The van der Waals surface area contributed by atoms with Crippen LogP contribution in [-0.4, -0.2) is 47.7 Å². The first-order chi connectivity index (χ1) is 7.69. The van der Waals surface area contributed by atoms with E-state index in [2.05, 4.69) is 29.3 Å². The molecule has 0 N–H and O–H groups in total. The van der Waals surface area contributed by atoms with Crippen molar-refractivity contribution in [3.63, 3.8) is 0 Å². The number of hydrogen-bond donors (Lipinski definition) is 0. The number of piperidine rings is 1. The van der Waals surface area contributed by atoms with E-state index in [-0.39, 0.29) is 0 Å². The Morgan fingerprint density at radius 3 is 2.31 bits per heavy atom. The van der Waals surface area contributed by atoms with E-state index in [0.717, 1.165) is 17.9 Å². The minimum atomic E-state index is 0.868. The summed E-state index contributed by atoms with van der Waals surface area (Å²) in [6.45, 7) is 9.99. The van der Waals surface area contributed by atoms with Gasteiger partial charge >= 0.3 is 0 Å². The van der Waals surface area contributed by atoms with Crippen molar-refractivity contribution in [3.05, 3.63) is 0 Å². The second-order valence-electron chi connectivity index (χ2n) is 5.79. The molecule has 3 heteroatoms. The molecule has 0 spiro atoms. The lowest BCUT2D eigenvalue weighted by molar-refractivity contribution is 0.0588. The van der Waals surface area contributed by atoms with Crippen molar-refractivity contribution in [2.75, 3.05) is 32.4 Å². The molecule has 2 heterocycles. The molecule has 0 bridgehead atoms. The lowest BCUT2D eigenvalue weighted by Gasteiger charge is -2.46. The standard InChI is InChI=1S/C13H26N2S/c1-11(2)8-12-4-6-14(7-5-12)13-9-15(10-13)16-3/h11-13H,4-10H2,1-3H3. The van der Waals surface area contributed by atoms with Crippen LogP contribution in [0.3, 0.4) is 0 Å². The van der Waals surface area contributed by atoms with Crippen molar-refractivity contribution in [1.82, 2.24) is 9.21 Å². The van der Waals surface area contributed by atoms with E-state index in [4.69, 9.17) is 0 Å². The van der Waals surface area contributed by atoms with Gasteiger partial charge in [-0.15, -0.1) is 0 Å². The van der Waals surface area contributed by atoms with Crippen LogP contribution in [0.4, 0.5) is 0 Å². The molecule has 0 aromatic carbocycles. The molecule has 2 aliphatic rings. The van der Waals surface area contributed by atoms with Crippen LogP contribution in [0.25, 0.3) is 0 Å². The second kappa shape index (κ2) is 5.74. The van der Waals surface area contributed by atoms with Crippen molar-refractivity contribution in [2.24, 2.45) is 11.8 Å². The molecule has 0 amide bonds. The molecule has 2 rings (SSSR count). The first kappa shape index (κ1) is 12.7. The Morgan fingerprint density at radius 2 is 1.81 bits per heavy atom. The van der Waals surface area contributed by atoms with E-state index in [1.165, 1.54) is 45.4 Å². The molecule has 2 aliphatic heterocycles. The van der Waals surface area contributed by atoms with Gasteiger partial charge in [0.1, 0.15) is 0 Å². The number of hydrogen-bond acceptors (Lipinski definition) is 3. The fraction of sp³-hybridized carbons (Fsp3) is 1.00. The highest BCUT2D eigenvalue weighted by molar-refractivity contribution is 7.96. The summed E-state index contributed by atoms with van der Waals surface area (Å²) in [5.74, 6) is 1.89. The molecular formula is C13H26N2S. The number of nitrogens with zero attached hydrogens (tertiary/aromatic N) is 2. The van der Waals surface area contributed by atoms with Crippen LogP contribution in [0.15, 0.2) is 0 Å². The lowest BCUT2D eigenvalue weighted by atomic mass is 9.88. The zero-order valence-corrected chi connectivity index (χ0v) is 11.8. The van der Waals surface area contributed by atoms with Crippen LogP contribution < -0.4 is 0 Å². The Hall–Kier alpha value is 0.270. The predicted octanol–water partition coefficient (Wildman–Crippen LogP) is 2.71. The van der Waals surface area contributed by atoms with E-state index < -0.39 is 0 Å². The van der Waals surface area contributed by atoms with Gasteiger partial charge < -0.3 is 0 Å². The molecule has 0 radical (unpaired) electrons. The third-order valence-corrected chi connectivity index (χ3v) is 4.87. The van der Waals surface area contributed by atoms with Crippen LogP contribution in [-0.2, 0) is 0 Å². The summed E-state index contributed by atoms with van der Waals surface area (Å²) in [5.41, 5.74) is 0. The third kappa shape index (κ3) is 3.14. The summed E-state index contributed by atoms with van der Waals surface area (Å²) < 4.78 is 2.46. The Labute approximate surface area is 105 Å². The van der Waals surface area contributed by atoms with Gasteiger partial charge in [0.15, 0.2) is 0 Å². The van der Waals surface area contributed by atoms with Crippen molar-refractivity contribution in [1.29, 1.82) is 0 Å². The van der Waals surface area contributed by atoms with E-state index in [1.54, 1.807) is 0 Å². The van der Waals surface area contributed by atoms with Gasteiger partial charge in [-0.3, -0.25) is 4.90 Å². The monoisotopic (exact) mass is 242 g/mol. The predicted molar refractivity (Wildman–Crippen MR) is 72.6 cm³/mol. The highest BCUT2D eigenvalue weighted by Crippen LogP contribution is 2.28. The largest absolute Gasteiger partial charge is 0.298 e. The first-order valence-electron chi connectivity index (χ1n) is 6.72. The van der Waals surface area contributed by atoms with E-state index in [9.17, 15) is 0 Å². The van der Waals surface area contributed by atoms with Gasteiger partial charge in [0.05, 0.1) is 0 Å². The Kier molecular flexibility index (Phi) is 4.57. The number of likely N-dealkylation sites (tertiary alicyclic amines) is 1. The highest BCUT2D eigenvalue weighted by Gasteiger charge is 2.33. The normalized spacial score (nSPS) is 26.2. The molecule has 0 atom stereocenters. The lowest BCUT2D eigenvalue weighted by Crippen LogP contribution is -2.58. The molecule has 0 aromatic heterocycles. The fourth-order valence-electron chi connectivity index (χ4n) is 3.02. The summed E-state index contributed by atoms with van der Waals surface area (Å²) in [6.07, 6.45) is 6.50. The van der Waals surface area contributed by atoms with Gasteiger partial charge in [-0.1, -0.05) is 25.8 Å². The van der Waals surface area contributed by atoms with Crippen LogP contribution >= 0.6 is 11.9 Å². The Morgan fingerprint density at radius 1 is 1.19 bits per heavy atom. The SMILES string of the molecule is CSN1CC(N2CCC(CC(C)C)CC2)C1. The number of rotatable bonds is 4. The molecule has 0 saturated carbocycles. The highest BCUT2D eigenvalue weighted by atomic mass is 32.2. The summed E-state index contributed by atoms with van der Waals surface area (Å²) >= 11 is 1.89. The molecule has 2 saturated heterocycles. The Bertz CT molecular complexity index is 206. The van der Waals surface area contributed by atoms with Crippen LogP contribution in [0.2, 0.25) is 0 Å². The molecule has 16 heavy (non-hydrogen) atoms. The molecule has 94 valence electrons. The third-order valence-electron chi connectivity index (χ3n) is 4.06. The summed E-state index contributed by atoms with van der Waals surface area (Å²) in [6, 6.07) is 0.868. The fourth-order valence-corrected chi connectivity index (χ4v) is 3.66. The molecule has 2 nitrogen and oxygen atoms in total. The smallest absolute Gasteiger partial charge is 0.0369 e.